The molecular formula is C13H24N2O4. The van der Waals surface area contributed by atoms with E-state index in [2.05, 4.69) is 10.1 Å². The SMILES string of the molecule is COC(=O)N[C@@H]1CN(C(=O)OC(C)(C)C)CC[C@@H]1C. The lowest BCUT2D eigenvalue weighted by atomic mass is 9.94. The number of likely N-dealkylation sites (tertiary alicyclic amines) is 1. The van der Waals surface area contributed by atoms with E-state index in [0.717, 1.165) is 6.42 Å². The smallest absolute Gasteiger partial charge is 0.410 e. The maximum atomic E-state index is 12.0. The van der Waals surface area contributed by atoms with Crippen molar-refractivity contribution >= 4 is 12.2 Å². The van der Waals surface area contributed by atoms with Crippen LogP contribution in [0.15, 0.2) is 0 Å². The maximum absolute atomic E-state index is 12.0. The zero-order valence-corrected chi connectivity index (χ0v) is 12.4. The number of piperidine rings is 1. The van der Waals surface area contributed by atoms with Crippen molar-refractivity contribution in [3.8, 4) is 0 Å². The fourth-order valence-electron chi connectivity index (χ4n) is 1.96. The van der Waals surface area contributed by atoms with Crippen LogP contribution < -0.4 is 5.32 Å². The second-order valence-electron chi connectivity index (χ2n) is 5.93. The van der Waals surface area contributed by atoms with Crippen LogP contribution in [-0.4, -0.2) is 48.9 Å². The Morgan fingerprint density at radius 1 is 1.32 bits per heavy atom. The third kappa shape index (κ3) is 4.96. The van der Waals surface area contributed by atoms with Gasteiger partial charge in [0.25, 0.3) is 0 Å². The van der Waals surface area contributed by atoms with E-state index in [0.29, 0.717) is 19.0 Å². The quantitative estimate of drug-likeness (QED) is 0.792. The Balaban J connectivity index is 2.58. The number of alkyl carbamates (subject to hydrolysis) is 1. The summed E-state index contributed by atoms with van der Waals surface area (Å²) < 4.78 is 9.93. The van der Waals surface area contributed by atoms with Crippen LogP contribution in [0.25, 0.3) is 0 Å². The molecule has 1 heterocycles. The molecular weight excluding hydrogens is 248 g/mol. The van der Waals surface area contributed by atoms with Crippen molar-refractivity contribution in [1.82, 2.24) is 10.2 Å². The number of ether oxygens (including phenoxy) is 2. The number of hydrogen-bond donors (Lipinski definition) is 1. The molecule has 0 aromatic rings. The lowest BCUT2D eigenvalue weighted by molar-refractivity contribution is 0.0147. The lowest BCUT2D eigenvalue weighted by Gasteiger charge is -2.37. The molecule has 0 radical (unpaired) electrons. The Morgan fingerprint density at radius 2 is 1.95 bits per heavy atom. The van der Waals surface area contributed by atoms with Crippen molar-refractivity contribution in [3.05, 3.63) is 0 Å². The van der Waals surface area contributed by atoms with Gasteiger partial charge in [-0.2, -0.15) is 0 Å². The summed E-state index contributed by atoms with van der Waals surface area (Å²) in [7, 11) is 1.33. The molecule has 0 bridgehead atoms. The number of nitrogens with zero attached hydrogens (tertiary/aromatic N) is 1. The first-order valence-electron chi connectivity index (χ1n) is 6.55. The predicted octanol–water partition coefficient (Wildman–Crippen LogP) is 1.99. The van der Waals surface area contributed by atoms with Gasteiger partial charge in [-0.25, -0.2) is 9.59 Å². The van der Waals surface area contributed by atoms with Crippen LogP contribution in [0.5, 0.6) is 0 Å². The van der Waals surface area contributed by atoms with E-state index >= 15 is 0 Å². The van der Waals surface area contributed by atoms with Crippen molar-refractivity contribution in [3.63, 3.8) is 0 Å². The van der Waals surface area contributed by atoms with Gasteiger partial charge in [-0.3, -0.25) is 0 Å². The topological polar surface area (TPSA) is 67.9 Å². The second kappa shape index (κ2) is 6.12. The van der Waals surface area contributed by atoms with Crippen molar-refractivity contribution in [2.45, 2.75) is 45.8 Å². The Hall–Kier alpha value is -1.46. The number of amides is 2. The summed E-state index contributed by atoms with van der Waals surface area (Å²) in [5, 5.41) is 2.76. The predicted molar refractivity (Wildman–Crippen MR) is 70.9 cm³/mol. The first-order chi connectivity index (χ1) is 8.73. The molecule has 0 aromatic heterocycles. The average Bonchev–Trinajstić information content (AvgIpc) is 2.29. The van der Waals surface area contributed by atoms with E-state index in [-0.39, 0.29) is 12.1 Å². The van der Waals surface area contributed by atoms with Crippen LogP contribution in [0.1, 0.15) is 34.1 Å². The van der Waals surface area contributed by atoms with Crippen LogP contribution in [-0.2, 0) is 9.47 Å². The molecule has 110 valence electrons. The molecule has 1 N–H and O–H groups in total. The third-order valence-corrected chi connectivity index (χ3v) is 3.10. The highest BCUT2D eigenvalue weighted by atomic mass is 16.6. The first kappa shape index (κ1) is 15.6. The van der Waals surface area contributed by atoms with Crippen molar-refractivity contribution in [1.29, 1.82) is 0 Å². The second-order valence-corrected chi connectivity index (χ2v) is 5.93. The molecule has 19 heavy (non-hydrogen) atoms. The van der Waals surface area contributed by atoms with Gasteiger partial charge >= 0.3 is 12.2 Å². The minimum atomic E-state index is -0.509. The van der Waals surface area contributed by atoms with Gasteiger partial charge in [0.05, 0.1) is 13.2 Å². The number of hydrogen-bond acceptors (Lipinski definition) is 4. The first-order valence-corrected chi connectivity index (χ1v) is 6.55. The average molecular weight is 272 g/mol. The van der Waals surface area contributed by atoms with Gasteiger partial charge in [-0.15, -0.1) is 0 Å². The Labute approximate surface area is 114 Å². The number of rotatable bonds is 1. The summed E-state index contributed by atoms with van der Waals surface area (Å²) in [5.74, 6) is 0.304. The van der Waals surface area contributed by atoms with E-state index < -0.39 is 11.7 Å². The molecule has 1 saturated heterocycles. The van der Waals surface area contributed by atoms with Gasteiger partial charge < -0.3 is 19.7 Å². The van der Waals surface area contributed by atoms with Crippen molar-refractivity contribution in [2.75, 3.05) is 20.2 Å². The Kier molecular flexibility index (Phi) is 5.03. The van der Waals surface area contributed by atoms with Gasteiger partial charge in [0, 0.05) is 13.1 Å². The molecule has 1 aliphatic heterocycles. The van der Waals surface area contributed by atoms with Gasteiger partial charge in [-0.1, -0.05) is 6.92 Å². The number of nitrogens with one attached hydrogen (secondary N) is 1. The van der Waals surface area contributed by atoms with Gasteiger partial charge in [-0.05, 0) is 33.1 Å². The van der Waals surface area contributed by atoms with Crippen LogP contribution >= 0.6 is 0 Å². The minimum absolute atomic E-state index is 0.103. The number of methoxy groups -OCH3 is 1. The summed E-state index contributed by atoms with van der Waals surface area (Å²) >= 11 is 0. The monoisotopic (exact) mass is 272 g/mol. The highest BCUT2D eigenvalue weighted by Crippen LogP contribution is 2.19. The lowest BCUT2D eigenvalue weighted by Crippen LogP contribution is -2.54. The molecule has 6 nitrogen and oxygen atoms in total. The van der Waals surface area contributed by atoms with Gasteiger partial charge in [0.1, 0.15) is 5.60 Å². The Bertz CT molecular complexity index is 338. The van der Waals surface area contributed by atoms with Crippen LogP contribution in [0.2, 0.25) is 0 Å². The summed E-state index contributed by atoms with van der Waals surface area (Å²) in [5.41, 5.74) is -0.509. The van der Waals surface area contributed by atoms with E-state index in [1.165, 1.54) is 7.11 Å². The van der Waals surface area contributed by atoms with E-state index in [1.807, 2.05) is 27.7 Å². The summed E-state index contributed by atoms with van der Waals surface area (Å²) in [4.78, 5) is 24.9. The zero-order valence-electron chi connectivity index (χ0n) is 12.4. The molecule has 2 atom stereocenters. The molecule has 2 amide bonds. The van der Waals surface area contributed by atoms with Gasteiger partial charge in [0.2, 0.25) is 0 Å². The molecule has 1 rings (SSSR count). The largest absolute Gasteiger partial charge is 0.453 e. The molecule has 0 aliphatic carbocycles. The molecule has 0 spiro atoms. The fourth-order valence-corrected chi connectivity index (χ4v) is 1.96. The molecule has 1 fully saturated rings. The summed E-state index contributed by atoms with van der Waals surface area (Å²) in [6, 6.07) is -0.103. The standard InChI is InChI=1S/C13H24N2O4/c1-9-6-7-15(12(17)19-13(2,3)4)8-10(9)14-11(16)18-5/h9-10H,6-8H2,1-5H3,(H,14,16)/t9-,10+/m0/s1. The van der Waals surface area contributed by atoms with Gasteiger partial charge in [0.15, 0.2) is 0 Å². The number of carbonyl (C=O) groups excluding carboxylic acids is 2. The minimum Gasteiger partial charge on any atom is -0.453 e. The van der Waals surface area contributed by atoms with Crippen molar-refractivity contribution in [2.24, 2.45) is 5.92 Å². The zero-order chi connectivity index (χ0) is 14.6. The molecule has 0 saturated carbocycles. The summed E-state index contributed by atoms with van der Waals surface area (Å²) in [6.07, 6.45) is 0.0208. The molecule has 6 heteroatoms. The molecule has 0 aromatic carbocycles. The highest BCUT2D eigenvalue weighted by molar-refractivity contribution is 5.69. The highest BCUT2D eigenvalue weighted by Gasteiger charge is 2.32. The normalized spacial score (nSPS) is 23.7. The van der Waals surface area contributed by atoms with E-state index in [9.17, 15) is 9.59 Å². The maximum Gasteiger partial charge on any atom is 0.410 e. The van der Waals surface area contributed by atoms with E-state index in [1.54, 1.807) is 4.90 Å². The van der Waals surface area contributed by atoms with Crippen molar-refractivity contribution < 1.29 is 19.1 Å². The van der Waals surface area contributed by atoms with E-state index in [4.69, 9.17) is 4.74 Å². The van der Waals surface area contributed by atoms with Crippen LogP contribution in [0, 0.1) is 5.92 Å². The Morgan fingerprint density at radius 3 is 2.47 bits per heavy atom. The van der Waals surface area contributed by atoms with Crippen LogP contribution in [0.4, 0.5) is 9.59 Å². The number of carbonyl (C=O) groups is 2. The molecule has 1 aliphatic rings. The third-order valence-electron chi connectivity index (χ3n) is 3.10. The summed E-state index contributed by atoms with van der Waals surface area (Å²) in [6.45, 7) is 8.65. The van der Waals surface area contributed by atoms with Crippen LogP contribution in [0.3, 0.4) is 0 Å². The fraction of sp³-hybridized carbons (Fsp3) is 0.846. The molecule has 0 unspecified atom stereocenters.